The van der Waals surface area contributed by atoms with E-state index in [2.05, 4.69) is 6.92 Å². The first kappa shape index (κ1) is 12.9. The van der Waals surface area contributed by atoms with E-state index in [1.807, 2.05) is 11.0 Å². The summed E-state index contributed by atoms with van der Waals surface area (Å²) in [5.41, 5.74) is 0.604. The molecular weight excluding hydrogens is 228 g/mol. The van der Waals surface area contributed by atoms with E-state index >= 15 is 0 Å². The molecule has 0 aromatic carbocycles. The van der Waals surface area contributed by atoms with E-state index in [0.29, 0.717) is 11.6 Å². The highest BCUT2D eigenvalue weighted by atomic mass is 16.2. The molecule has 1 unspecified atom stereocenters. The number of carbonyl (C=O) groups is 1. The van der Waals surface area contributed by atoms with Crippen molar-refractivity contribution in [1.82, 2.24) is 9.47 Å². The van der Waals surface area contributed by atoms with Gasteiger partial charge in [0.2, 0.25) is 5.91 Å². The van der Waals surface area contributed by atoms with E-state index in [4.69, 9.17) is 0 Å². The van der Waals surface area contributed by atoms with Crippen molar-refractivity contribution in [2.45, 2.75) is 45.7 Å². The molecule has 0 spiro atoms. The molecule has 1 atom stereocenters. The first-order valence-electron chi connectivity index (χ1n) is 6.55. The van der Waals surface area contributed by atoms with Gasteiger partial charge in [0.15, 0.2) is 0 Å². The Morgan fingerprint density at radius 1 is 1.44 bits per heavy atom. The van der Waals surface area contributed by atoms with Crippen molar-refractivity contribution >= 4 is 5.91 Å². The van der Waals surface area contributed by atoms with Gasteiger partial charge in [-0.25, -0.2) is 0 Å². The summed E-state index contributed by atoms with van der Waals surface area (Å²) in [5.74, 6) is 0.0508. The lowest BCUT2D eigenvalue weighted by atomic mass is 10.0. The SMILES string of the molecule is Cc1cccn(CC(=O)N2CCCCC2C)c1=O. The van der Waals surface area contributed by atoms with Gasteiger partial charge in [-0.2, -0.15) is 0 Å². The smallest absolute Gasteiger partial charge is 0.253 e. The normalized spacial score (nSPS) is 19.9. The molecule has 1 aromatic rings. The van der Waals surface area contributed by atoms with Crippen molar-refractivity contribution in [2.75, 3.05) is 6.54 Å². The quantitative estimate of drug-likeness (QED) is 0.797. The van der Waals surface area contributed by atoms with Crippen LogP contribution in [0, 0.1) is 6.92 Å². The Bertz CT molecular complexity index is 493. The van der Waals surface area contributed by atoms with Crippen LogP contribution in [0.1, 0.15) is 31.7 Å². The molecule has 18 heavy (non-hydrogen) atoms. The van der Waals surface area contributed by atoms with Crippen molar-refractivity contribution in [3.63, 3.8) is 0 Å². The molecule has 4 nitrogen and oxygen atoms in total. The van der Waals surface area contributed by atoms with Crippen LogP contribution in [0.15, 0.2) is 23.1 Å². The minimum atomic E-state index is -0.0736. The van der Waals surface area contributed by atoms with Crippen LogP contribution in [-0.4, -0.2) is 28.0 Å². The summed E-state index contributed by atoms with van der Waals surface area (Å²) < 4.78 is 1.50. The van der Waals surface area contributed by atoms with Crippen LogP contribution in [0.2, 0.25) is 0 Å². The molecule has 98 valence electrons. The van der Waals surface area contributed by atoms with Crippen LogP contribution in [-0.2, 0) is 11.3 Å². The summed E-state index contributed by atoms with van der Waals surface area (Å²) in [4.78, 5) is 26.0. The van der Waals surface area contributed by atoms with Gasteiger partial charge in [-0.15, -0.1) is 0 Å². The Hall–Kier alpha value is -1.58. The largest absolute Gasteiger partial charge is 0.338 e. The average molecular weight is 248 g/mol. The van der Waals surface area contributed by atoms with Gasteiger partial charge in [0.25, 0.3) is 5.56 Å². The van der Waals surface area contributed by atoms with Crippen molar-refractivity contribution in [2.24, 2.45) is 0 Å². The standard InChI is InChI=1S/C14H20N2O2/c1-11-6-5-8-15(14(11)18)10-13(17)16-9-4-3-7-12(16)2/h5-6,8,12H,3-4,7,9-10H2,1-2H3. The second-order valence-corrected chi connectivity index (χ2v) is 5.06. The fourth-order valence-corrected chi connectivity index (χ4v) is 2.49. The molecule has 0 saturated carbocycles. The van der Waals surface area contributed by atoms with Crippen molar-refractivity contribution in [1.29, 1.82) is 0 Å². The molecule has 1 aromatic heterocycles. The van der Waals surface area contributed by atoms with Crippen LogP contribution in [0.4, 0.5) is 0 Å². The van der Waals surface area contributed by atoms with Crippen molar-refractivity contribution < 1.29 is 4.79 Å². The molecule has 2 heterocycles. The number of amides is 1. The molecule has 0 radical (unpaired) electrons. The van der Waals surface area contributed by atoms with Crippen LogP contribution in [0.5, 0.6) is 0 Å². The molecule has 2 rings (SSSR count). The lowest BCUT2D eigenvalue weighted by Crippen LogP contribution is -2.44. The highest BCUT2D eigenvalue weighted by Gasteiger charge is 2.23. The van der Waals surface area contributed by atoms with Gasteiger partial charge in [-0.1, -0.05) is 6.07 Å². The molecule has 1 amide bonds. The predicted molar refractivity (Wildman–Crippen MR) is 70.5 cm³/mol. The Kier molecular flexibility index (Phi) is 3.84. The number of nitrogens with zero attached hydrogens (tertiary/aromatic N) is 2. The number of carbonyl (C=O) groups excluding carboxylic acids is 1. The zero-order chi connectivity index (χ0) is 13.1. The molecule has 4 heteroatoms. The zero-order valence-electron chi connectivity index (χ0n) is 11.1. The number of aromatic nitrogens is 1. The molecule has 1 saturated heterocycles. The van der Waals surface area contributed by atoms with E-state index in [0.717, 1.165) is 19.4 Å². The molecule has 0 N–H and O–H groups in total. The van der Waals surface area contributed by atoms with Gasteiger partial charge >= 0.3 is 0 Å². The third-order valence-corrected chi connectivity index (χ3v) is 3.64. The first-order valence-corrected chi connectivity index (χ1v) is 6.55. The molecular formula is C14H20N2O2. The maximum atomic E-state index is 12.2. The van der Waals surface area contributed by atoms with Gasteiger partial charge in [0.1, 0.15) is 6.54 Å². The average Bonchev–Trinajstić information content (AvgIpc) is 2.35. The second-order valence-electron chi connectivity index (χ2n) is 5.06. The van der Waals surface area contributed by atoms with Crippen LogP contribution >= 0.6 is 0 Å². The number of aryl methyl sites for hydroxylation is 1. The highest BCUT2D eigenvalue weighted by Crippen LogP contribution is 2.16. The fraction of sp³-hybridized carbons (Fsp3) is 0.571. The van der Waals surface area contributed by atoms with E-state index in [-0.39, 0.29) is 18.0 Å². The summed E-state index contributed by atoms with van der Waals surface area (Å²) in [6.45, 7) is 4.83. The predicted octanol–water partition coefficient (Wildman–Crippen LogP) is 1.56. The number of rotatable bonds is 2. The van der Waals surface area contributed by atoms with Crippen molar-refractivity contribution in [3.8, 4) is 0 Å². The lowest BCUT2D eigenvalue weighted by molar-refractivity contribution is -0.135. The number of hydrogen-bond acceptors (Lipinski definition) is 2. The molecule has 1 aliphatic rings. The number of piperidine rings is 1. The van der Waals surface area contributed by atoms with Crippen molar-refractivity contribution in [3.05, 3.63) is 34.2 Å². The van der Waals surface area contributed by atoms with Crippen LogP contribution in [0.3, 0.4) is 0 Å². The van der Waals surface area contributed by atoms with Crippen LogP contribution in [0.25, 0.3) is 0 Å². The summed E-state index contributed by atoms with van der Waals surface area (Å²) in [6.07, 6.45) is 5.00. The van der Waals surface area contributed by atoms with Gasteiger partial charge in [-0.05, 0) is 39.2 Å². The molecule has 0 bridgehead atoms. The lowest BCUT2D eigenvalue weighted by Gasteiger charge is -2.33. The Labute approximate surface area is 107 Å². The maximum absolute atomic E-state index is 12.2. The topological polar surface area (TPSA) is 42.3 Å². The number of pyridine rings is 1. The van der Waals surface area contributed by atoms with Gasteiger partial charge in [-0.3, -0.25) is 9.59 Å². The van der Waals surface area contributed by atoms with E-state index < -0.39 is 0 Å². The zero-order valence-corrected chi connectivity index (χ0v) is 11.1. The van der Waals surface area contributed by atoms with E-state index in [1.165, 1.54) is 11.0 Å². The molecule has 1 fully saturated rings. The number of hydrogen-bond donors (Lipinski definition) is 0. The van der Waals surface area contributed by atoms with Gasteiger partial charge in [0.05, 0.1) is 0 Å². The third-order valence-electron chi connectivity index (χ3n) is 3.64. The maximum Gasteiger partial charge on any atom is 0.253 e. The van der Waals surface area contributed by atoms with Gasteiger partial charge < -0.3 is 9.47 Å². The monoisotopic (exact) mass is 248 g/mol. The highest BCUT2D eigenvalue weighted by molar-refractivity contribution is 5.76. The fourth-order valence-electron chi connectivity index (χ4n) is 2.49. The Morgan fingerprint density at radius 2 is 2.22 bits per heavy atom. The molecule has 0 aliphatic carbocycles. The summed E-state index contributed by atoms with van der Waals surface area (Å²) in [7, 11) is 0. The van der Waals surface area contributed by atoms with E-state index in [1.54, 1.807) is 19.2 Å². The Balaban J connectivity index is 2.11. The van der Waals surface area contributed by atoms with E-state index in [9.17, 15) is 9.59 Å². The minimum absolute atomic E-state index is 0.0508. The minimum Gasteiger partial charge on any atom is -0.338 e. The number of likely N-dealkylation sites (tertiary alicyclic amines) is 1. The summed E-state index contributed by atoms with van der Waals surface area (Å²) in [6, 6.07) is 3.88. The summed E-state index contributed by atoms with van der Waals surface area (Å²) >= 11 is 0. The summed E-state index contributed by atoms with van der Waals surface area (Å²) in [5, 5.41) is 0. The van der Waals surface area contributed by atoms with Crippen LogP contribution < -0.4 is 5.56 Å². The first-order chi connectivity index (χ1) is 8.59. The second kappa shape index (κ2) is 5.38. The van der Waals surface area contributed by atoms with Gasteiger partial charge in [0, 0.05) is 24.3 Å². The Morgan fingerprint density at radius 3 is 2.94 bits per heavy atom. The molecule has 1 aliphatic heterocycles. The third kappa shape index (κ3) is 2.63.